The van der Waals surface area contributed by atoms with Crippen LogP contribution in [0.2, 0.25) is 0 Å². The average molecular weight is 416 g/mol. The largest absolute Gasteiger partial charge is 0.470 e. The van der Waals surface area contributed by atoms with E-state index in [1.54, 1.807) is 0 Å². The van der Waals surface area contributed by atoms with E-state index in [1.807, 2.05) is 17.2 Å². The minimum absolute atomic E-state index is 0.0255. The Hall–Kier alpha value is -1.88. The van der Waals surface area contributed by atoms with Crippen LogP contribution < -0.4 is 4.90 Å². The molecule has 0 atom stereocenters. The van der Waals surface area contributed by atoms with Crippen LogP contribution in [0.4, 0.5) is 19.0 Å². The van der Waals surface area contributed by atoms with Gasteiger partial charge < -0.3 is 9.32 Å². The van der Waals surface area contributed by atoms with Crippen molar-refractivity contribution in [3.8, 4) is 0 Å². The number of nitrogens with zero attached hydrogens (tertiary/aromatic N) is 6. The zero-order valence-corrected chi connectivity index (χ0v) is 17.1. The molecule has 3 heterocycles. The molecule has 0 radical (unpaired) electrons. The summed E-state index contributed by atoms with van der Waals surface area (Å²) in [6, 6.07) is 2.02. The van der Waals surface area contributed by atoms with Crippen LogP contribution in [0.5, 0.6) is 0 Å². The zero-order chi connectivity index (χ0) is 20.5. The van der Waals surface area contributed by atoms with Crippen LogP contribution >= 0.6 is 11.8 Å². The standard InChI is InChI=1S/C17H23F3N6OS/c1-16(2,3)11-9-12(22-15(21-11)28-4)26-7-5-25(6-8-26)10-13-23-24-14(27-13)17(18,19)20/h9H,5-8,10H2,1-4H3. The molecule has 0 aromatic carbocycles. The molecule has 1 aliphatic heterocycles. The van der Waals surface area contributed by atoms with E-state index in [4.69, 9.17) is 4.42 Å². The van der Waals surface area contributed by atoms with Crippen molar-refractivity contribution >= 4 is 17.6 Å². The van der Waals surface area contributed by atoms with Gasteiger partial charge in [-0.05, 0) is 6.26 Å². The quantitative estimate of drug-likeness (QED) is 0.556. The van der Waals surface area contributed by atoms with Crippen molar-refractivity contribution in [1.29, 1.82) is 0 Å². The Labute approximate surface area is 165 Å². The van der Waals surface area contributed by atoms with Crippen molar-refractivity contribution in [2.75, 3.05) is 37.3 Å². The fraction of sp³-hybridized carbons (Fsp3) is 0.647. The Morgan fingerprint density at radius 1 is 1.07 bits per heavy atom. The maximum atomic E-state index is 12.6. The molecule has 0 spiro atoms. The van der Waals surface area contributed by atoms with Gasteiger partial charge in [-0.25, -0.2) is 9.97 Å². The monoisotopic (exact) mass is 416 g/mol. The molecule has 2 aromatic rings. The van der Waals surface area contributed by atoms with Crippen molar-refractivity contribution < 1.29 is 17.6 Å². The number of thioether (sulfide) groups is 1. The summed E-state index contributed by atoms with van der Waals surface area (Å²) in [5.74, 6) is -0.454. The number of hydrogen-bond donors (Lipinski definition) is 0. The first-order valence-corrected chi connectivity index (χ1v) is 10.1. The number of hydrogen-bond acceptors (Lipinski definition) is 8. The van der Waals surface area contributed by atoms with E-state index in [0.717, 1.165) is 16.7 Å². The smallest absolute Gasteiger partial charge is 0.416 e. The Balaban J connectivity index is 1.65. The average Bonchev–Trinajstić information content (AvgIpc) is 3.10. The van der Waals surface area contributed by atoms with Gasteiger partial charge in [-0.2, -0.15) is 13.2 Å². The first-order chi connectivity index (χ1) is 13.1. The highest BCUT2D eigenvalue weighted by molar-refractivity contribution is 7.98. The summed E-state index contributed by atoms with van der Waals surface area (Å²) in [7, 11) is 0. The lowest BCUT2D eigenvalue weighted by Crippen LogP contribution is -2.46. The third-order valence-corrected chi connectivity index (χ3v) is 4.96. The van der Waals surface area contributed by atoms with Crippen molar-refractivity contribution in [3.63, 3.8) is 0 Å². The second kappa shape index (κ2) is 7.86. The molecule has 0 bridgehead atoms. The van der Waals surface area contributed by atoms with Crippen LogP contribution in [0.25, 0.3) is 0 Å². The van der Waals surface area contributed by atoms with Crippen LogP contribution in [0, 0.1) is 0 Å². The summed E-state index contributed by atoms with van der Waals surface area (Å²) in [5.41, 5.74) is 0.896. The summed E-state index contributed by atoms with van der Waals surface area (Å²) in [6.45, 7) is 9.26. The van der Waals surface area contributed by atoms with Crippen molar-refractivity contribution in [3.05, 3.63) is 23.5 Å². The second-order valence-corrected chi connectivity index (χ2v) is 8.38. The van der Waals surface area contributed by atoms with Gasteiger partial charge in [0.25, 0.3) is 0 Å². The van der Waals surface area contributed by atoms with Gasteiger partial charge in [0.15, 0.2) is 5.16 Å². The van der Waals surface area contributed by atoms with Crippen molar-refractivity contribution in [2.45, 2.75) is 44.1 Å². The second-order valence-electron chi connectivity index (χ2n) is 7.61. The molecule has 1 aliphatic rings. The number of anilines is 1. The molecule has 28 heavy (non-hydrogen) atoms. The van der Waals surface area contributed by atoms with E-state index in [9.17, 15) is 13.2 Å². The molecule has 0 saturated carbocycles. The van der Waals surface area contributed by atoms with E-state index in [0.29, 0.717) is 26.2 Å². The third kappa shape index (κ3) is 4.93. The van der Waals surface area contributed by atoms with E-state index in [1.165, 1.54) is 11.8 Å². The summed E-state index contributed by atoms with van der Waals surface area (Å²) < 4.78 is 42.4. The van der Waals surface area contributed by atoms with Crippen LogP contribution in [-0.2, 0) is 18.1 Å². The van der Waals surface area contributed by atoms with Gasteiger partial charge in [0, 0.05) is 37.7 Å². The predicted octanol–water partition coefficient (Wildman–Crippen LogP) is 3.22. The fourth-order valence-electron chi connectivity index (χ4n) is 2.81. The number of aromatic nitrogens is 4. The maximum Gasteiger partial charge on any atom is 0.470 e. The van der Waals surface area contributed by atoms with E-state index in [-0.39, 0.29) is 17.9 Å². The Morgan fingerprint density at radius 2 is 1.75 bits per heavy atom. The summed E-state index contributed by atoms with van der Waals surface area (Å²) in [5, 5.41) is 7.30. The Bertz CT molecular complexity index is 812. The van der Waals surface area contributed by atoms with E-state index < -0.39 is 12.1 Å². The minimum Gasteiger partial charge on any atom is -0.416 e. The molecule has 0 aliphatic carbocycles. The molecule has 2 aromatic heterocycles. The van der Waals surface area contributed by atoms with Gasteiger partial charge >= 0.3 is 12.1 Å². The van der Waals surface area contributed by atoms with Gasteiger partial charge in [0.05, 0.1) is 12.2 Å². The van der Waals surface area contributed by atoms with Gasteiger partial charge in [0.2, 0.25) is 5.89 Å². The molecule has 0 N–H and O–H groups in total. The zero-order valence-electron chi connectivity index (χ0n) is 16.2. The van der Waals surface area contributed by atoms with Crippen LogP contribution in [0.1, 0.15) is 38.2 Å². The maximum absolute atomic E-state index is 12.6. The molecule has 7 nitrogen and oxygen atoms in total. The lowest BCUT2D eigenvalue weighted by molar-refractivity contribution is -0.157. The fourth-order valence-corrected chi connectivity index (χ4v) is 3.18. The van der Waals surface area contributed by atoms with E-state index >= 15 is 0 Å². The van der Waals surface area contributed by atoms with Gasteiger partial charge in [-0.15, -0.1) is 10.2 Å². The summed E-state index contributed by atoms with van der Waals surface area (Å²) in [6.07, 6.45) is -2.67. The van der Waals surface area contributed by atoms with Crippen molar-refractivity contribution in [1.82, 2.24) is 25.1 Å². The third-order valence-electron chi connectivity index (χ3n) is 4.41. The summed E-state index contributed by atoms with van der Waals surface area (Å²) in [4.78, 5) is 13.4. The molecule has 154 valence electrons. The molecule has 1 saturated heterocycles. The highest BCUT2D eigenvalue weighted by atomic mass is 32.2. The number of piperazine rings is 1. The van der Waals surface area contributed by atoms with Gasteiger partial charge in [-0.3, -0.25) is 4.90 Å². The molecule has 0 amide bonds. The molecule has 1 fully saturated rings. The van der Waals surface area contributed by atoms with Crippen LogP contribution in [0.15, 0.2) is 15.6 Å². The first-order valence-electron chi connectivity index (χ1n) is 8.86. The highest BCUT2D eigenvalue weighted by Crippen LogP contribution is 2.29. The number of halogens is 3. The van der Waals surface area contributed by atoms with Gasteiger partial charge in [-0.1, -0.05) is 32.5 Å². The Kier molecular flexibility index (Phi) is 5.85. The lowest BCUT2D eigenvalue weighted by atomic mass is 9.92. The lowest BCUT2D eigenvalue weighted by Gasteiger charge is -2.35. The molecule has 0 unspecified atom stereocenters. The Morgan fingerprint density at radius 3 is 2.29 bits per heavy atom. The predicted molar refractivity (Wildman–Crippen MR) is 99.3 cm³/mol. The normalized spacial score (nSPS) is 16.6. The minimum atomic E-state index is -4.61. The molecular weight excluding hydrogens is 393 g/mol. The first kappa shape index (κ1) is 20.8. The van der Waals surface area contributed by atoms with Gasteiger partial charge in [0.1, 0.15) is 5.82 Å². The molecule has 11 heteroatoms. The number of alkyl halides is 3. The number of rotatable bonds is 4. The SMILES string of the molecule is CSc1nc(N2CCN(Cc3nnc(C(F)(F)F)o3)CC2)cc(C(C)(C)C)n1. The van der Waals surface area contributed by atoms with E-state index in [2.05, 4.69) is 45.8 Å². The van der Waals surface area contributed by atoms with Crippen LogP contribution in [0.3, 0.4) is 0 Å². The summed E-state index contributed by atoms with van der Waals surface area (Å²) >= 11 is 1.51. The van der Waals surface area contributed by atoms with Crippen LogP contribution in [-0.4, -0.2) is 57.5 Å². The topological polar surface area (TPSA) is 71.2 Å². The molecule has 3 rings (SSSR count). The highest BCUT2D eigenvalue weighted by Gasteiger charge is 2.38. The molecular formula is C17H23F3N6OS. The van der Waals surface area contributed by atoms with Crippen molar-refractivity contribution in [2.24, 2.45) is 0 Å².